The molecule has 0 aromatic carbocycles. The summed E-state index contributed by atoms with van der Waals surface area (Å²) in [6.45, 7) is 8.60. The zero-order chi connectivity index (χ0) is 18.4. The van der Waals surface area contributed by atoms with Crippen molar-refractivity contribution in [1.82, 2.24) is 0 Å². The van der Waals surface area contributed by atoms with Crippen LogP contribution in [0.5, 0.6) is 0 Å². The highest BCUT2D eigenvalue weighted by Crippen LogP contribution is 2.19. The highest BCUT2D eigenvalue weighted by Gasteiger charge is 2.04. The average molecular weight is 350 g/mol. The topological polar surface area (TPSA) is 26.0 Å². The normalized spacial score (nSPS) is 11.1. The van der Waals surface area contributed by atoms with E-state index in [1.54, 1.807) is 0 Å². The lowest BCUT2D eigenvalue weighted by atomic mass is 9.94. The molecule has 25 heavy (non-hydrogen) atoms. The first-order chi connectivity index (χ1) is 12.3. The minimum absolute atomic E-state index is 0.788. The van der Waals surface area contributed by atoms with Crippen LogP contribution in [0.3, 0.4) is 0 Å². The van der Waals surface area contributed by atoms with E-state index in [2.05, 4.69) is 25.3 Å². The smallest absolute Gasteiger partial charge is 0.00773 e. The van der Waals surface area contributed by atoms with E-state index in [1.807, 2.05) is 0 Å². The van der Waals surface area contributed by atoms with Gasteiger partial charge >= 0.3 is 0 Å². The molecule has 0 bridgehead atoms. The number of hydrogen-bond donors (Lipinski definition) is 1. The molecule has 0 fully saturated rings. The summed E-state index contributed by atoms with van der Waals surface area (Å²) < 4.78 is 0. The molecule has 0 heterocycles. The van der Waals surface area contributed by atoms with E-state index in [0.717, 1.165) is 25.3 Å². The Morgan fingerprint density at radius 2 is 0.840 bits per heavy atom. The van der Waals surface area contributed by atoms with Crippen LogP contribution in [0.1, 0.15) is 116 Å². The van der Waals surface area contributed by atoms with Crippen LogP contribution in [-0.4, -0.2) is 6.54 Å². The molecule has 0 amide bonds. The van der Waals surface area contributed by atoms with Gasteiger partial charge in [0.15, 0.2) is 0 Å². The molecule has 0 atom stereocenters. The Labute approximate surface area is 159 Å². The largest absolute Gasteiger partial charge is 0.330 e. The molecule has 0 aromatic heterocycles. The van der Waals surface area contributed by atoms with Crippen molar-refractivity contribution >= 4 is 0 Å². The highest BCUT2D eigenvalue weighted by atomic mass is 14.5. The highest BCUT2D eigenvalue weighted by molar-refractivity contribution is 4.79. The zero-order valence-electron chi connectivity index (χ0n) is 17.2. The summed E-state index contributed by atoms with van der Waals surface area (Å²) in [5.74, 6) is 0.788. The third-order valence-corrected chi connectivity index (χ3v) is 5.32. The predicted molar refractivity (Wildman–Crippen MR) is 116 cm³/mol. The second kappa shape index (κ2) is 21.5. The summed E-state index contributed by atoms with van der Waals surface area (Å²) in [7, 11) is 0. The van der Waals surface area contributed by atoms with Crippen molar-refractivity contribution in [3.63, 3.8) is 0 Å². The third-order valence-electron chi connectivity index (χ3n) is 5.32. The molecule has 0 aliphatic heterocycles. The van der Waals surface area contributed by atoms with Crippen LogP contribution in [0.25, 0.3) is 0 Å². The Morgan fingerprint density at radius 3 is 1.16 bits per heavy atom. The van der Waals surface area contributed by atoms with Gasteiger partial charge in [-0.15, -0.1) is 13.2 Å². The van der Waals surface area contributed by atoms with E-state index >= 15 is 0 Å². The van der Waals surface area contributed by atoms with E-state index in [-0.39, 0.29) is 0 Å². The van der Waals surface area contributed by atoms with E-state index in [1.165, 1.54) is 103 Å². The van der Waals surface area contributed by atoms with Gasteiger partial charge in [-0.2, -0.15) is 0 Å². The van der Waals surface area contributed by atoms with Crippen LogP contribution in [0.15, 0.2) is 25.3 Å². The molecule has 0 radical (unpaired) electrons. The van der Waals surface area contributed by atoms with E-state index in [0.29, 0.717) is 0 Å². The van der Waals surface area contributed by atoms with Gasteiger partial charge in [-0.25, -0.2) is 0 Å². The molecule has 0 aliphatic carbocycles. The molecule has 0 saturated carbocycles. The maximum Gasteiger partial charge on any atom is -0.00773 e. The van der Waals surface area contributed by atoms with Crippen molar-refractivity contribution in [2.45, 2.75) is 116 Å². The van der Waals surface area contributed by atoms with Crippen LogP contribution in [-0.2, 0) is 0 Å². The fraction of sp³-hybridized carbons (Fsp3) is 0.833. The average Bonchev–Trinajstić information content (AvgIpc) is 2.61. The predicted octanol–water partition coefficient (Wildman–Crippen LogP) is 7.96. The number of allylic oxidation sites excluding steroid dienone is 2. The van der Waals surface area contributed by atoms with Crippen molar-refractivity contribution in [3.8, 4) is 0 Å². The lowest BCUT2D eigenvalue weighted by Crippen LogP contribution is -1.97. The molecule has 0 unspecified atom stereocenters. The van der Waals surface area contributed by atoms with Crippen LogP contribution >= 0.6 is 0 Å². The van der Waals surface area contributed by atoms with Gasteiger partial charge in [-0.1, -0.05) is 102 Å². The molecule has 2 N–H and O–H groups in total. The minimum atomic E-state index is 0.788. The van der Waals surface area contributed by atoms with E-state index in [4.69, 9.17) is 5.73 Å². The van der Waals surface area contributed by atoms with Gasteiger partial charge < -0.3 is 5.73 Å². The molecular formula is C24H47N. The fourth-order valence-electron chi connectivity index (χ4n) is 3.68. The van der Waals surface area contributed by atoms with E-state index in [9.17, 15) is 0 Å². The second-order valence-corrected chi connectivity index (χ2v) is 7.80. The Hall–Kier alpha value is -0.560. The fourth-order valence-corrected chi connectivity index (χ4v) is 3.68. The van der Waals surface area contributed by atoms with Crippen molar-refractivity contribution < 1.29 is 0 Å². The van der Waals surface area contributed by atoms with Gasteiger partial charge in [0, 0.05) is 0 Å². The molecule has 0 spiro atoms. The first-order valence-electron chi connectivity index (χ1n) is 11.3. The Morgan fingerprint density at radius 1 is 0.520 bits per heavy atom. The third kappa shape index (κ3) is 19.6. The number of unbranched alkanes of at least 4 members (excludes halogenated alkanes) is 14. The molecule has 0 rings (SSSR count). The van der Waals surface area contributed by atoms with Crippen molar-refractivity contribution in [1.29, 1.82) is 0 Å². The molecule has 1 heteroatoms. The van der Waals surface area contributed by atoms with Gasteiger partial charge in [0.1, 0.15) is 0 Å². The SMILES string of the molecule is C=CCC(CC=C)CCCCCCCCCCCCCCCCCN. The number of rotatable bonds is 21. The van der Waals surface area contributed by atoms with Crippen molar-refractivity contribution in [3.05, 3.63) is 25.3 Å². The first kappa shape index (κ1) is 24.4. The van der Waals surface area contributed by atoms with Gasteiger partial charge in [0.05, 0.1) is 0 Å². The Balaban J connectivity index is 3.16. The van der Waals surface area contributed by atoms with Gasteiger partial charge in [-0.05, 0) is 38.1 Å². The van der Waals surface area contributed by atoms with Gasteiger partial charge in [0.2, 0.25) is 0 Å². The minimum Gasteiger partial charge on any atom is -0.330 e. The summed E-state index contributed by atoms with van der Waals surface area (Å²) >= 11 is 0. The summed E-state index contributed by atoms with van der Waals surface area (Å²) in [6.07, 6.45) is 28.9. The van der Waals surface area contributed by atoms with E-state index < -0.39 is 0 Å². The maximum absolute atomic E-state index is 5.51. The second-order valence-electron chi connectivity index (χ2n) is 7.80. The molecule has 0 aliphatic rings. The molecule has 0 saturated heterocycles. The lowest BCUT2D eigenvalue weighted by molar-refractivity contribution is 0.456. The number of nitrogens with two attached hydrogens (primary N) is 1. The van der Waals surface area contributed by atoms with Crippen LogP contribution in [0, 0.1) is 5.92 Å². The standard InChI is InChI=1S/C24H47N/c1-3-20-24(21-4-2)22-18-16-14-12-10-8-6-5-7-9-11-13-15-17-19-23-25/h3-4,24H,1-2,5-23,25H2. The summed E-state index contributed by atoms with van der Waals surface area (Å²) in [5, 5.41) is 0. The van der Waals surface area contributed by atoms with Crippen molar-refractivity contribution in [2.24, 2.45) is 11.7 Å². The van der Waals surface area contributed by atoms with Crippen molar-refractivity contribution in [2.75, 3.05) is 6.54 Å². The zero-order valence-corrected chi connectivity index (χ0v) is 17.2. The molecular weight excluding hydrogens is 302 g/mol. The van der Waals surface area contributed by atoms with Crippen LogP contribution < -0.4 is 5.73 Å². The first-order valence-corrected chi connectivity index (χ1v) is 11.3. The van der Waals surface area contributed by atoms with Gasteiger partial charge in [-0.3, -0.25) is 0 Å². The van der Waals surface area contributed by atoms with Crippen LogP contribution in [0.4, 0.5) is 0 Å². The monoisotopic (exact) mass is 349 g/mol. The Bertz CT molecular complexity index is 261. The lowest BCUT2D eigenvalue weighted by Gasteiger charge is -2.12. The molecule has 148 valence electrons. The quantitative estimate of drug-likeness (QED) is 0.165. The Kier molecular flexibility index (Phi) is 21.0. The summed E-state index contributed by atoms with van der Waals surface area (Å²) in [5.41, 5.74) is 5.51. The van der Waals surface area contributed by atoms with Crippen LogP contribution in [0.2, 0.25) is 0 Å². The number of hydrogen-bond acceptors (Lipinski definition) is 1. The maximum atomic E-state index is 5.51. The molecule has 0 aromatic rings. The summed E-state index contributed by atoms with van der Waals surface area (Å²) in [4.78, 5) is 0. The molecule has 1 nitrogen and oxygen atoms in total. The van der Waals surface area contributed by atoms with Gasteiger partial charge in [0.25, 0.3) is 0 Å². The summed E-state index contributed by atoms with van der Waals surface area (Å²) in [6, 6.07) is 0.